The summed E-state index contributed by atoms with van der Waals surface area (Å²) in [6, 6.07) is 21.1. The van der Waals surface area contributed by atoms with Crippen LogP contribution in [0.4, 0.5) is 34.9 Å². The molecule has 0 radical (unpaired) electrons. The number of rotatable bonds is 8. The summed E-state index contributed by atoms with van der Waals surface area (Å²) in [7, 11) is 0. The number of carbonyl (C=O) groups excluding carboxylic acids is 1. The van der Waals surface area contributed by atoms with Crippen molar-refractivity contribution >= 4 is 40.8 Å². The molecule has 3 aromatic carbocycles. The lowest BCUT2D eigenvalue weighted by Gasteiger charge is -2.16. The summed E-state index contributed by atoms with van der Waals surface area (Å²) in [6.45, 7) is 9.88. The van der Waals surface area contributed by atoms with Crippen LogP contribution in [0.5, 0.6) is 0 Å². The van der Waals surface area contributed by atoms with E-state index in [1.165, 1.54) is 5.56 Å². The lowest BCUT2D eigenvalue weighted by atomic mass is 10.1. The molecule has 0 saturated heterocycles. The van der Waals surface area contributed by atoms with E-state index < -0.39 is 6.04 Å². The number of aromatic nitrogens is 3. The zero-order chi connectivity index (χ0) is 25.7. The number of hydrogen-bond donors (Lipinski definition) is 4. The number of benzene rings is 3. The van der Waals surface area contributed by atoms with Crippen LogP contribution >= 0.6 is 0 Å². The van der Waals surface area contributed by atoms with Gasteiger partial charge in [-0.1, -0.05) is 41.5 Å². The third-order valence-corrected chi connectivity index (χ3v) is 5.76. The van der Waals surface area contributed by atoms with Crippen molar-refractivity contribution in [2.24, 2.45) is 0 Å². The molecule has 0 unspecified atom stereocenters. The Morgan fingerprint density at radius 2 is 1.11 bits per heavy atom. The topological polar surface area (TPSA) is 104 Å². The molecule has 0 aliphatic carbocycles. The molecule has 0 bridgehead atoms. The number of nitrogens with zero attached hydrogens (tertiary/aromatic N) is 3. The molecule has 0 aliphatic rings. The summed E-state index contributed by atoms with van der Waals surface area (Å²) in [6.07, 6.45) is 0. The molecule has 1 aromatic heterocycles. The minimum absolute atomic E-state index is 0.195. The predicted octanol–water partition coefficient (Wildman–Crippen LogP) is 6.03. The summed E-state index contributed by atoms with van der Waals surface area (Å²) >= 11 is 0. The van der Waals surface area contributed by atoms with Crippen LogP contribution < -0.4 is 21.3 Å². The van der Waals surface area contributed by atoms with E-state index >= 15 is 0 Å². The highest BCUT2D eigenvalue weighted by atomic mass is 16.2. The zero-order valence-electron chi connectivity index (χ0n) is 21.2. The van der Waals surface area contributed by atoms with Crippen molar-refractivity contribution in [2.75, 3.05) is 21.3 Å². The molecule has 4 rings (SSSR count). The largest absolute Gasteiger partial charge is 0.342 e. The van der Waals surface area contributed by atoms with Crippen LogP contribution in [-0.2, 0) is 4.79 Å². The highest BCUT2D eigenvalue weighted by Crippen LogP contribution is 2.20. The van der Waals surface area contributed by atoms with Gasteiger partial charge in [0.1, 0.15) is 6.04 Å². The van der Waals surface area contributed by atoms with Crippen LogP contribution in [0.15, 0.2) is 66.7 Å². The number of anilines is 6. The number of nitrogens with one attached hydrogen (secondary N) is 4. The predicted molar refractivity (Wildman–Crippen MR) is 146 cm³/mol. The molecule has 4 N–H and O–H groups in total. The molecule has 4 aromatic rings. The Labute approximate surface area is 211 Å². The lowest BCUT2D eigenvalue weighted by molar-refractivity contribution is -0.116. The highest BCUT2D eigenvalue weighted by molar-refractivity contribution is 5.96. The molecule has 1 atom stereocenters. The first-order valence-electron chi connectivity index (χ1n) is 11.8. The Bertz CT molecular complexity index is 1290. The Balaban J connectivity index is 1.55. The van der Waals surface area contributed by atoms with Gasteiger partial charge in [0.05, 0.1) is 0 Å². The Hall–Kier alpha value is -4.46. The van der Waals surface area contributed by atoms with Gasteiger partial charge in [0.2, 0.25) is 23.8 Å². The molecule has 0 saturated carbocycles. The second kappa shape index (κ2) is 10.9. The maximum absolute atomic E-state index is 12.9. The van der Waals surface area contributed by atoms with Crippen molar-refractivity contribution in [1.29, 1.82) is 0 Å². The SMILES string of the molecule is Cc1ccc(Nc2nc(Nc3ccc(C)cc3)nc(N[C@@H](C)C(=O)Nc3ccc(C)c(C)c3)n2)cc1. The van der Waals surface area contributed by atoms with E-state index in [2.05, 4.69) is 36.2 Å². The van der Waals surface area contributed by atoms with Gasteiger partial charge >= 0.3 is 0 Å². The van der Waals surface area contributed by atoms with Crippen LogP contribution in [0, 0.1) is 27.7 Å². The molecule has 36 heavy (non-hydrogen) atoms. The Morgan fingerprint density at radius 1 is 0.639 bits per heavy atom. The average molecular weight is 482 g/mol. The summed E-state index contributed by atoms with van der Waals surface area (Å²) < 4.78 is 0. The molecule has 184 valence electrons. The molecule has 0 fully saturated rings. The van der Waals surface area contributed by atoms with E-state index in [0.717, 1.165) is 33.8 Å². The maximum Gasteiger partial charge on any atom is 0.246 e. The van der Waals surface area contributed by atoms with Crippen molar-refractivity contribution < 1.29 is 4.79 Å². The van der Waals surface area contributed by atoms with E-state index in [-0.39, 0.29) is 11.9 Å². The normalized spacial score (nSPS) is 11.5. The first kappa shape index (κ1) is 24.7. The van der Waals surface area contributed by atoms with Gasteiger partial charge < -0.3 is 21.3 Å². The van der Waals surface area contributed by atoms with Crippen molar-refractivity contribution in [3.63, 3.8) is 0 Å². The fourth-order valence-corrected chi connectivity index (χ4v) is 3.41. The maximum atomic E-state index is 12.9. The molecule has 0 spiro atoms. The summed E-state index contributed by atoms with van der Waals surface area (Å²) in [5.41, 5.74) is 7.04. The smallest absolute Gasteiger partial charge is 0.246 e. The number of amides is 1. The van der Waals surface area contributed by atoms with Crippen molar-refractivity contribution in [3.05, 3.63) is 89.0 Å². The fraction of sp³-hybridized carbons (Fsp3) is 0.214. The molecular formula is C28H31N7O. The lowest BCUT2D eigenvalue weighted by Crippen LogP contribution is -2.32. The summed E-state index contributed by atoms with van der Waals surface area (Å²) in [4.78, 5) is 26.4. The van der Waals surface area contributed by atoms with Gasteiger partial charge in [-0.2, -0.15) is 15.0 Å². The van der Waals surface area contributed by atoms with Gasteiger partial charge in [0, 0.05) is 17.1 Å². The number of aryl methyl sites for hydroxylation is 4. The van der Waals surface area contributed by atoms with Gasteiger partial charge in [0.25, 0.3) is 0 Å². The minimum atomic E-state index is -0.589. The van der Waals surface area contributed by atoms with Crippen molar-refractivity contribution in [2.45, 2.75) is 40.7 Å². The monoisotopic (exact) mass is 481 g/mol. The molecular weight excluding hydrogens is 450 g/mol. The second-order valence-electron chi connectivity index (χ2n) is 8.94. The Morgan fingerprint density at radius 3 is 1.61 bits per heavy atom. The van der Waals surface area contributed by atoms with Crippen LogP contribution in [0.25, 0.3) is 0 Å². The van der Waals surface area contributed by atoms with Crippen molar-refractivity contribution in [3.8, 4) is 0 Å². The Kier molecular flexibility index (Phi) is 7.44. The van der Waals surface area contributed by atoms with Crippen LogP contribution in [0.2, 0.25) is 0 Å². The summed E-state index contributed by atoms with van der Waals surface area (Å²) in [5.74, 6) is 0.789. The third-order valence-electron chi connectivity index (χ3n) is 5.76. The van der Waals surface area contributed by atoms with Gasteiger partial charge in [-0.05, 0) is 82.1 Å². The molecule has 8 heteroatoms. The van der Waals surface area contributed by atoms with Gasteiger partial charge in [-0.25, -0.2) is 0 Å². The van der Waals surface area contributed by atoms with Gasteiger partial charge in [0.15, 0.2) is 0 Å². The zero-order valence-corrected chi connectivity index (χ0v) is 21.2. The van der Waals surface area contributed by atoms with E-state index in [9.17, 15) is 4.79 Å². The van der Waals surface area contributed by atoms with E-state index in [1.807, 2.05) is 94.4 Å². The van der Waals surface area contributed by atoms with Crippen LogP contribution in [0.1, 0.15) is 29.2 Å². The quantitative estimate of drug-likeness (QED) is 0.243. The number of carbonyl (C=O) groups is 1. The third kappa shape index (κ3) is 6.56. The molecule has 1 amide bonds. The second-order valence-corrected chi connectivity index (χ2v) is 8.94. The first-order chi connectivity index (χ1) is 17.2. The van der Waals surface area contributed by atoms with E-state index in [0.29, 0.717) is 11.9 Å². The summed E-state index contributed by atoms with van der Waals surface area (Å²) in [5, 5.41) is 12.5. The van der Waals surface area contributed by atoms with Crippen LogP contribution in [0.3, 0.4) is 0 Å². The highest BCUT2D eigenvalue weighted by Gasteiger charge is 2.16. The molecule has 1 heterocycles. The minimum Gasteiger partial charge on any atom is -0.342 e. The van der Waals surface area contributed by atoms with Crippen molar-refractivity contribution in [1.82, 2.24) is 15.0 Å². The van der Waals surface area contributed by atoms with Crippen LogP contribution in [-0.4, -0.2) is 26.9 Å². The number of hydrogen-bond acceptors (Lipinski definition) is 7. The first-order valence-corrected chi connectivity index (χ1v) is 11.8. The standard InChI is InChI=1S/C28H31N7O/c1-17-6-11-22(12-7-17)31-27-33-26(34-28(35-27)32-23-13-8-18(2)9-14-23)29-21(5)25(36)30-24-15-10-19(3)20(4)16-24/h6-16,21H,1-5H3,(H,30,36)(H3,29,31,32,33,34,35)/t21-/m0/s1. The van der Waals surface area contributed by atoms with Gasteiger partial charge in [-0.15, -0.1) is 0 Å². The van der Waals surface area contributed by atoms with E-state index in [4.69, 9.17) is 0 Å². The fourth-order valence-electron chi connectivity index (χ4n) is 3.41. The van der Waals surface area contributed by atoms with E-state index in [1.54, 1.807) is 6.92 Å². The molecule has 8 nitrogen and oxygen atoms in total. The average Bonchev–Trinajstić information content (AvgIpc) is 2.84. The molecule has 0 aliphatic heterocycles. The van der Waals surface area contributed by atoms with Gasteiger partial charge in [-0.3, -0.25) is 4.79 Å².